The molecule has 0 amide bonds. The van der Waals surface area contributed by atoms with Gasteiger partial charge in [-0.15, -0.1) is 0 Å². The van der Waals surface area contributed by atoms with Crippen molar-refractivity contribution in [2.45, 2.75) is 58.7 Å². The Morgan fingerprint density at radius 2 is 2.00 bits per heavy atom. The topological polar surface area (TPSA) is 67.8 Å². The summed E-state index contributed by atoms with van der Waals surface area (Å²) in [6.45, 7) is 11.0. The van der Waals surface area contributed by atoms with Crippen molar-refractivity contribution in [1.82, 2.24) is 5.32 Å². The fourth-order valence-corrected chi connectivity index (χ4v) is 1.67. The molecule has 0 aromatic carbocycles. The van der Waals surface area contributed by atoms with E-state index in [1.165, 1.54) is 0 Å². The lowest BCUT2D eigenvalue weighted by molar-refractivity contribution is -0.145. The van der Waals surface area contributed by atoms with Gasteiger partial charge in [-0.25, -0.2) is 0 Å². The lowest BCUT2D eigenvalue weighted by Gasteiger charge is -2.29. The molecule has 0 bridgehead atoms. The summed E-state index contributed by atoms with van der Waals surface area (Å²) in [6.07, 6.45) is 0.416. The Balaban J connectivity index is 4.08. The van der Waals surface area contributed by atoms with Crippen LogP contribution in [0, 0.1) is 0 Å². The van der Waals surface area contributed by atoms with E-state index < -0.39 is 11.5 Å². The highest BCUT2D eigenvalue weighted by Gasteiger charge is 2.33. The Labute approximate surface area is 110 Å². The van der Waals surface area contributed by atoms with E-state index in [0.717, 1.165) is 0 Å². The zero-order valence-corrected chi connectivity index (χ0v) is 12.2. The summed E-state index contributed by atoms with van der Waals surface area (Å²) in [7, 11) is 0. The van der Waals surface area contributed by atoms with Crippen LogP contribution in [0.2, 0.25) is 0 Å². The molecule has 0 saturated heterocycles. The number of carboxylic acids is 1. The summed E-state index contributed by atoms with van der Waals surface area (Å²) in [5.41, 5.74) is -0.945. The minimum absolute atomic E-state index is 0.0120. The molecule has 0 aliphatic heterocycles. The van der Waals surface area contributed by atoms with Gasteiger partial charge in [0.15, 0.2) is 0 Å². The second-order valence-electron chi connectivity index (χ2n) is 5.03. The minimum atomic E-state index is -0.945. The number of carboxylic acid groups (broad SMARTS) is 1. The van der Waals surface area contributed by atoms with Gasteiger partial charge in [-0.3, -0.25) is 10.1 Å². The van der Waals surface area contributed by atoms with Gasteiger partial charge in [0.1, 0.15) is 5.54 Å². The zero-order chi connectivity index (χ0) is 14.2. The van der Waals surface area contributed by atoms with Crippen molar-refractivity contribution >= 4 is 5.97 Å². The van der Waals surface area contributed by atoms with Gasteiger partial charge in [0.2, 0.25) is 0 Å². The van der Waals surface area contributed by atoms with Gasteiger partial charge >= 0.3 is 5.97 Å². The van der Waals surface area contributed by atoms with Crippen molar-refractivity contribution in [1.29, 1.82) is 0 Å². The fraction of sp³-hybridized carbons (Fsp3) is 0.923. The molecule has 0 spiro atoms. The van der Waals surface area contributed by atoms with Crippen molar-refractivity contribution in [3.63, 3.8) is 0 Å². The molecule has 0 aliphatic rings. The monoisotopic (exact) mass is 261 g/mol. The average Bonchev–Trinajstić information content (AvgIpc) is 2.25. The SMILES string of the molecule is CCOCC(C)OCCC(C)(NC(C)C)C(=O)O. The van der Waals surface area contributed by atoms with E-state index >= 15 is 0 Å². The van der Waals surface area contributed by atoms with Crippen molar-refractivity contribution < 1.29 is 19.4 Å². The molecule has 0 heterocycles. The van der Waals surface area contributed by atoms with Gasteiger partial charge in [-0.1, -0.05) is 0 Å². The maximum absolute atomic E-state index is 11.3. The summed E-state index contributed by atoms with van der Waals surface area (Å²) in [6, 6.07) is 0.118. The van der Waals surface area contributed by atoms with Gasteiger partial charge in [-0.2, -0.15) is 0 Å². The molecule has 0 aromatic rings. The first kappa shape index (κ1) is 17.4. The third-order valence-electron chi connectivity index (χ3n) is 2.64. The number of ether oxygens (including phenoxy) is 2. The molecule has 2 unspecified atom stereocenters. The molecule has 2 N–H and O–H groups in total. The maximum atomic E-state index is 11.3. The van der Waals surface area contributed by atoms with Crippen LogP contribution in [-0.4, -0.2) is 48.6 Å². The maximum Gasteiger partial charge on any atom is 0.323 e. The average molecular weight is 261 g/mol. The van der Waals surface area contributed by atoms with Crippen LogP contribution in [0.4, 0.5) is 0 Å². The third kappa shape index (κ3) is 6.93. The van der Waals surface area contributed by atoms with Crippen LogP contribution in [0.25, 0.3) is 0 Å². The smallest absolute Gasteiger partial charge is 0.323 e. The number of aliphatic carboxylic acids is 1. The number of carbonyl (C=O) groups is 1. The molecular weight excluding hydrogens is 234 g/mol. The van der Waals surface area contributed by atoms with Crippen LogP contribution in [0.3, 0.4) is 0 Å². The third-order valence-corrected chi connectivity index (χ3v) is 2.64. The van der Waals surface area contributed by atoms with Crippen molar-refractivity contribution in [3.05, 3.63) is 0 Å². The van der Waals surface area contributed by atoms with Crippen LogP contribution >= 0.6 is 0 Å². The second-order valence-corrected chi connectivity index (χ2v) is 5.03. The largest absolute Gasteiger partial charge is 0.480 e. The highest BCUT2D eigenvalue weighted by atomic mass is 16.5. The molecule has 0 rings (SSSR count). The van der Waals surface area contributed by atoms with Gasteiger partial charge < -0.3 is 14.6 Å². The highest BCUT2D eigenvalue weighted by Crippen LogP contribution is 2.12. The van der Waals surface area contributed by atoms with Gasteiger partial charge in [0.25, 0.3) is 0 Å². The zero-order valence-electron chi connectivity index (χ0n) is 12.2. The van der Waals surface area contributed by atoms with E-state index in [9.17, 15) is 9.90 Å². The molecule has 0 saturated carbocycles. The minimum Gasteiger partial charge on any atom is -0.480 e. The Hall–Kier alpha value is -0.650. The first-order valence-corrected chi connectivity index (χ1v) is 6.52. The predicted molar refractivity (Wildman–Crippen MR) is 70.8 cm³/mol. The Morgan fingerprint density at radius 1 is 1.39 bits per heavy atom. The van der Waals surface area contributed by atoms with E-state index in [4.69, 9.17) is 9.47 Å². The van der Waals surface area contributed by atoms with E-state index in [2.05, 4.69) is 5.32 Å². The number of rotatable bonds is 10. The van der Waals surface area contributed by atoms with E-state index in [-0.39, 0.29) is 12.1 Å². The van der Waals surface area contributed by atoms with E-state index in [0.29, 0.717) is 26.2 Å². The molecule has 0 aromatic heterocycles. The quantitative estimate of drug-likeness (QED) is 0.626. The van der Waals surface area contributed by atoms with Crippen LogP contribution in [0.1, 0.15) is 41.0 Å². The van der Waals surface area contributed by atoms with Gasteiger partial charge in [0.05, 0.1) is 12.7 Å². The van der Waals surface area contributed by atoms with E-state index in [1.807, 2.05) is 27.7 Å². The van der Waals surface area contributed by atoms with Crippen LogP contribution in [0.15, 0.2) is 0 Å². The molecule has 5 nitrogen and oxygen atoms in total. The molecule has 18 heavy (non-hydrogen) atoms. The summed E-state index contributed by atoms with van der Waals surface area (Å²) >= 11 is 0. The molecule has 0 radical (unpaired) electrons. The summed E-state index contributed by atoms with van der Waals surface area (Å²) in [5, 5.41) is 12.3. The molecule has 2 atom stereocenters. The van der Waals surface area contributed by atoms with Gasteiger partial charge in [-0.05, 0) is 41.0 Å². The van der Waals surface area contributed by atoms with Crippen molar-refractivity contribution in [3.8, 4) is 0 Å². The summed E-state index contributed by atoms with van der Waals surface area (Å²) in [4.78, 5) is 11.3. The lowest BCUT2D eigenvalue weighted by atomic mass is 9.97. The molecule has 0 fully saturated rings. The molecule has 108 valence electrons. The first-order chi connectivity index (χ1) is 8.31. The summed E-state index contributed by atoms with van der Waals surface area (Å²) in [5.74, 6) is -0.850. The fourth-order valence-electron chi connectivity index (χ4n) is 1.67. The standard InChI is InChI=1S/C13H27NO4/c1-6-17-9-11(4)18-8-7-13(5,12(15)16)14-10(2)3/h10-11,14H,6-9H2,1-5H3,(H,15,16). The number of hydrogen-bond acceptors (Lipinski definition) is 4. The normalized spacial score (nSPS) is 16.6. The van der Waals surface area contributed by atoms with Crippen LogP contribution < -0.4 is 5.32 Å². The van der Waals surface area contributed by atoms with Crippen LogP contribution in [0.5, 0.6) is 0 Å². The molecule has 0 aliphatic carbocycles. The van der Waals surface area contributed by atoms with Crippen molar-refractivity contribution in [2.24, 2.45) is 0 Å². The second kappa shape index (κ2) is 8.45. The predicted octanol–water partition coefficient (Wildman–Crippen LogP) is 1.66. The molecule has 5 heteroatoms. The van der Waals surface area contributed by atoms with Crippen LogP contribution in [-0.2, 0) is 14.3 Å². The summed E-state index contributed by atoms with van der Waals surface area (Å²) < 4.78 is 10.8. The Kier molecular flexibility index (Phi) is 8.15. The number of nitrogens with one attached hydrogen (secondary N) is 1. The lowest BCUT2D eigenvalue weighted by Crippen LogP contribution is -2.53. The van der Waals surface area contributed by atoms with Gasteiger partial charge in [0, 0.05) is 19.3 Å². The Morgan fingerprint density at radius 3 is 2.44 bits per heavy atom. The van der Waals surface area contributed by atoms with E-state index in [1.54, 1.807) is 6.92 Å². The highest BCUT2D eigenvalue weighted by molar-refractivity contribution is 5.78. The first-order valence-electron chi connectivity index (χ1n) is 6.52. The Bertz CT molecular complexity index is 245. The van der Waals surface area contributed by atoms with Crippen molar-refractivity contribution in [2.75, 3.05) is 19.8 Å². The molecular formula is C13H27NO4. The number of hydrogen-bond donors (Lipinski definition) is 2.